The van der Waals surface area contributed by atoms with Crippen LogP contribution in [0.15, 0.2) is 54.6 Å². The van der Waals surface area contributed by atoms with Gasteiger partial charge in [-0.1, -0.05) is 30.3 Å². The normalized spacial score (nSPS) is 22.5. The highest BCUT2D eigenvalue weighted by atomic mass is 19.1. The second-order valence-corrected chi connectivity index (χ2v) is 10.3. The van der Waals surface area contributed by atoms with Gasteiger partial charge in [0.25, 0.3) is 0 Å². The standard InChI is InChI=1S/C28H26BFO6/c1-26(2)27(3,4)36-29(35-26)22-13-12-21-24(18(22)15-30)33-23-14-16(32-5)10-11-20(23)28(21)19-9-7-6-8-17(19)25(31)34-28/h6-14H,15H2,1-5H3. The molecule has 0 N–H and O–H groups in total. The quantitative estimate of drug-likeness (QED) is 0.381. The largest absolute Gasteiger partial charge is 0.497 e. The molecule has 0 aliphatic carbocycles. The van der Waals surface area contributed by atoms with Crippen LogP contribution < -0.4 is 14.9 Å². The van der Waals surface area contributed by atoms with Gasteiger partial charge in [0.15, 0.2) is 5.60 Å². The lowest BCUT2D eigenvalue weighted by Gasteiger charge is -2.37. The number of carbonyl (C=O) groups is 1. The summed E-state index contributed by atoms with van der Waals surface area (Å²) in [6.07, 6.45) is 0. The summed E-state index contributed by atoms with van der Waals surface area (Å²) in [5, 5.41) is 0. The van der Waals surface area contributed by atoms with Crippen LogP contribution in [0, 0.1) is 0 Å². The van der Waals surface area contributed by atoms with Gasteiger partial charge in [-0.05, 0) is 51.4 Å². The number of halogens is 1. The average Bonchev–Trinajstić information content (AvgIpc) is 3.27. The fourth-order valence-corrected chi connectivity index (χ4v) is 5.24. The molecule has 8 heteroatoms. The van der Waals surface area contributed by atoms with Crippen molar-refractivity contribution in [2.24, 2.45) is 0 Å². The monoisotopic (exact) mass is 488 g/mol. The first kappa shape index (κ1) is 23.1. The maximum atomic E-state index is 14.9. The third-order valence-electron chi connectivity index (χ3n) is 7.87. The third-order valence-corrected chi connectivity index (χ3v) is 7.87. The predicted molar refractivity (Wildman–Crippen MR) is 132 cm³/mol. The zero-order valence-electron chi connectivity index (χ0n) is 20.8. The van der Waals surface area contributed by atoms with Gasteiger partial charge in [-0.2, -0.15) is 0 Å². The Morgan fingerprint density at radius 3 is 2.31 bits per heavy atom. The summed E-state index contributed by atoms with van der Waals surface area (Å²) >= 11 is 0. The molecule has 0 saturated carbocycles. The molecule has 0 radical (unpaired) electrons. The summed E-state index contributed by atoms with van der Waals surface area (Å²) in [6.45, 7) is 6.97. The molecule has 1 unspecified atom stereocenters. The van der Waals surface area contributed by atoms with E-state index < -0.39 is 36.6 Å². The van der Waals surface area contributed by atoms with E-state index >= 15 is 0 Å². The van der Waals surface area contributed by atoms with Crippen molar-refractivity contribution < 1.29 is 32.7 Å². The minimum atomic E-state index is -1.29. The number of alkyl halides is 1. The van der Waals surface area contributed by atoms with Crippen LogP contribution in [0.5, 0.6) is 17.2 Å². The summed E-state index contributed by atoms with van der Waals surface area (Å²) in [5.74, 6) is 0.827. The molecular formula is C28H26BFO6. The number of hydrogen-bond acceptors (Lipinski definition) is 6. The third kappa shape index (κ3) is 2.94. The van der Waals surface area contributed by atoms with E-state index in [1.54, 1.807) is 37.4 Å². The summed E-state index contributed by atoms with van der Waals surface area (Å²) < 4.78 is 45.3. The van der Waals surface area contributed by atoms with Crippen LogP contribution in [0.2, 0.25) is 0 Å². The Kier molecular flexibility index (Phi) is 4.85. The van der Waals surface area contributed by atoms with Gasteiger partial charge < -0.3 is 23.5 Å². The fourth-order valence-electron chi connectivity index (χ4n) is 5.24. The van der Waals surface area contributed by atoms with Crippen molar-refractivity contribution in [1.82, 2.24) is 0 Å². The fraction of sp³-hybridized carbons (Fsp3) is 0.321. The van der Waals surface area contributed by atoms with E-state index in [2.05, 4.69) is 0 Å². The number of ether oxygens (including phenoxy) is 3. The van der Waals surface area contributed by atoms with Gasteiger partial charge in [0.05, 0.1) is 23.9 Å². The lowest BCUT2D eigenvalue weighted by atomic mass is 9.71. The van der Waals surface area contributed by atoms with Gasteiger partial charge in [0, 0.05) is 28.3 Å². The molecule has 3 heterocycles. The Hall–Kier alpha value is -3.36. The van der Waals surface area contributed by atoms with E-state index in [4.69, 9.17) is 23.5 Å². The van der Waals surface area contributed by atoms with E-state index in [1.807, 2.05) is 52.0 Å². The Balaban J connectivity index is 1.61. The topological polar surface area (TPSA) is 63.2 Å². The first-order valence-corrected chi connectivity index (χ1v) is 11.9. The lowest BCUT2D eigenvalue weighted by molar-refractivity contribution is 0.00578. The second kappa shape index (κ2) is 7.57. The molecular weight excluding hydrogens is 462 g/mol. The summed E-state index contributed by atoms with van der Waals surface area (Å²) in [6, 6.07) is 16.2. The minimum absolute atomic E-state index is 0.287. The summed E-state index contributed by atoms with van der Waals surface area (Å²) in [4.78, 5) is 13.1. The smallest absolute Gasteiger partial charge is 0.495 e. The highest BCUT2D eigenvalue weighted by molar-refractivity contribution is 6.62. The van der Waals surface area contributed by atoms with Crippen LogP contribution in [0.4, 0.5) is 4.39 Å². The van der Waals surface area contributed by atoms with Gasteiger partial charge in [-0.25, -0.2) is 9.18 Å². The van der Waals surface area contributed by atoms with Gasteiger partial charge >= 0.3 is 13.1 Å². The van der Waals surface area contributed by atoms with E-state index in [0.717, 1.165) is 0 Å². The number of hydrogen-bond donors (Lipinski definition) is 0. The molecule has 6 nitrogen and oxygen atoms in total. The molecule has 36 heavy (non-hydrogen) atoms. The summed E-state index contributed by atoms with van der Waals surface area (Å²) in [5.41, 5.74) is 0.679. The highest BCUT2D eigenvalue weighted by Gasteiger charge is 2.56. The predicted octanol–water partition coefficient (Wildman–Crippen LogP) is 5.03. The van der Waals surface area contributed by atoms with E-state index in [0.29, 0.717) is 44.8 Å². The van der Waals surface area contributed by atoms with E-state index in [1.165, 1.54) is 0 Å². The molecule has 3 aromatic rings. The van der Waals surface area contributed by atoms with Gasteiger partial charge in [-0.3, -0.25) is 0 Å². The molecule has 3 aromatic carbocycles. The molecule has 0 aromatic heterocycles. The van der Waals surface area contributed by atoms with Gasteiger partial charge in [-0.15, -0.1) is 0 Å². The zero-order valence-corrected chi connectivity index (χ0v) is 20.8. The van der Waals surface area contributed by atoms with Crippen LogP contribution in [0.3, 0.4) is 0 Å². The molecule has 0 bridgehead atoms. The Bertz CT molecular complexity index is 1400. The second-order valence-electron chi connectivity index (χ2n) is 10.3. The molecule has 3 aliphatic heterocycles. The molecule has 1 atom stereocenters. The zero-order chi connectivity index (χ0) is 25.5. The molecule has 3 aliphatic rings. The van der Waals surface area contributed by atoms with Gasteiger partial charge in [0.2, 0.25) is 0 Å². The first-order chi connectivity index (χ1) is 17.1. The van der Waals surface area contributed by atoms with Crippen molar-refractivity contribution in [1.29, 1.82) is 0 Å². The lowest BCUT2D eigenvalue weighted by Crippen LogP contribution is -2.41. The number of benzene rings is 3. The number of esters is 1. The van der Waals surface area contributed by atoms with Crippen LogP contribution in [0.1, 0.15) is 60.3 Å². The molecule has 184 valence electrons. The Morgan fingerprint density at radius 1 is 0.917 bits per heavy atom. The van der Waals surface area contributed by atoms with Crippen LogP contribution in [-0.4, -0.2) is 31.4 Å². The van der Waals surface area contributed by atoms with Crippen molar-refractivity contribution in [2.45, 2.75) is 51.2 Å². The SMILES string of the molecule is COc1ccc2c(c1)Oc1c(ccc(B3OC(C)(C)C(C)(C)O3)c1CF)C21OC(=O)c2ccccc21. The van der Waals surface area contributed by atoms with Crippen molar-refractivity contribution in [3.63, 3.8) is 0 Å². The van der Waals surface area contributed by atoms with Crippen molar-refractivity contribution >= 4 is 18.6 Å². The van der Waals surface area contributed by atoms with Crippen molar-refractivity contribution in [3.8, 4) is 17.2 Å². The van der Waals surface area contributed by atoms with Crippen molar-refractivity contribution in [3.05, 3.63) is 82.4 Å². The van der Waals surface area contributed by atoms with Crippen LogP contribution in [-0.2, 0) is 26.3 Å². The van der Waals surface area contributed by atoms with Gasteiger partial charge in [0.1, 0.15) is 23.9 Å². The number of carbonyl (C=O) groups excluding carboxylic acids is 1. The molecule has 1 saturated heterocycles. The minimum Gasteiger partial charge on any atom is -0.497 e. The maximum Gasteiger partial charge on any atom is 0.495 e. The first-order valence-electron chi connectivity index (χ1n) is 11.9. The highest BCUT2D eigenvalue weighted by Crippen LogP contribution is 2.57. The number of fused-ring (bicyclic) bond motifs is 6. The maximum absolute atomic E-state index is 14.9. The number of rotatable bonds is 3. The van der Waals surface area contributed by atoms with Crippen LogP contribution in [0.25, 0.3) is 0 Å². The van der Waals surface area contributed by atoms with Crippen molar-refractivity contribution in [2.75, 3.05) is 7.11 Å². The molecule has 0 amide bonds. The Morgan fingerprint density at radius 2 is 1.61 bits per heavy atom. The molecule has 6 rings (SSSR count). The molecule has 1 spiro atoms. The number of methoxy groups -OCH3 is 1. The average molecular weight is 488 g/mol. The summed E-state index contributed by atoms with van der Waals surface area (Å²) in [7, 11) is 0.776. The molecule has 1 fully saturated rings. The van der Waals surface area contributed by atoms with E-state index in [9.17, 15) is 9.18 Å². The van der Waals surface area contributed by atoms with Crippen LogP contribution >= 0.6 is 0 Å². The Labute approximate surface area is 209 Å². The van der Waals surface area contributed by atoms with E-state index in [-0.39, 0.29) is 5.75 Å².